The van der Waals surface area contributed by atoms with E-state index in [9.17, 15) is 0 Å². The fourth-order valence-electron chi connectivity index (χ4n) is 3.82. The number of nitrogens with one attached hydrogen (secondary N) is 1. The van der Waals surface area contributed by atoms with E-state index in [0.29, 0.717) is 6.61 Å². The molecule has 2 aromatic carbocycles. The lowest BCUT2D eigenvalue weighted by molar-refractivity contribution is 0.197. The van der Waals surface area contributed by atoms with Gasteiger partial charge in [0.2, 0.25) is 0 Å². The number of benzene rings is 2. The lowest BCUT2D eigenvalue weighted by atomic mass is 9.93. The number of para-hydroxylation sites is 1. The summed E-state index contributed by atoms with van der Waals surface area (Å²) in [6.45, 7) is 0.556. The second-order valence-corrected chi connectivity index (χ2v) is 7.03. The summed E-state index contributed by atoms with van der Waals surface area (Å²) in [6.07, 6.45) is 5.28. The first-order valence-electron chi connectivity index (χ1n) is 9.79. The molecule has 0 spiro atoms. The van der Waals surface area contributed by atoms with Gasteiger partial charge in [-0.2, -0.15) is 0 Å². The highest BCUT2D eigenvalue weighted by molar-refractivity contribution is 5.93. The van der Waals surface area contributed by atoms with Gasteiger partial charge in [0.05, 0.1) is 32.0 Å². The van der Waals surface area contributed by atoms with E-state index in [4.69, 9.17) is 19.3 Å². The Morgan fingerprint density at radius 1 is 0.964 bits per heavy atom. The van der Waals surface area contributed by atoms with Crippen molar-refractivity contribution in [3.63, 3.8) is 0 Å². The summed E-state index contributed by atoms with van der Waals surface area (Å²) in [5, 5.41) is 1.12. The summed E-state index contributed by atoms with van der Waals surface area (Å²) >= 11 is 0. The highest BCUT2D eigenvalue weighted by Crippen LogP contribution is 2.33. The van der Waals surface area contributed by atoms with Crippen LogP contribution in [0.4, 0.5) is 5.69 Å². The van der Waals surface area contributed by atoms with Gasteiger partial charge in [-0.15, -0.1) is 0 Å². The van der Waals surface area contributed by atoms with Crippen LogP contribution in [0.3, 0.4) is 0 Å². The molecule has 0 unspecified atom stereocenters. The number of ether oxygens (including phenoxy) is 2. The van der Waals surface area contributed by atoms with E-state index >= 15 is 0 Å². The predicted molar refractivity (Wildman–Crippen MR) is 111 cm³/mol. The molecule has 28 heavy (non-hydrogen) atoms. The van der Waals surface area contributed by atoms with Gasteiger partial charge in [0.25, 0.3) is 0 Å². The van der Waals surface area contributed by atoms with Gasteiger partial charge in [0.1, 0.15) is 0 Å². The van der Waals surface area contributed by atoms with Crippen LogP contribution >= 0.6 is 0 Å². The average molecular weight is 378 g/mol. The molecule has 1 N–H and O–H groups in total. The van der Waals surface area contributed by atoms with Crippen molar-refractivity contribution >= 4 is 16.6 Å². The van der Waals surface area contributed by atoms with Crippen LogP contribution in [0.5, 0.6) is 11.5 Å². The second kappa shape index (κ2) is 8.48. The molecule has 0 fully saturated rings. The van der Waals surface area contributed by atoms with Crippen LogP contribution in [-0.2, 0) is 24.1 Å². The topological polar surface area (TPSA) is 52.6 Å². The first-order valence-corrected chi connectivity index (χ1v) is 9.79. The number of nitrogens with zero attached hydrogens (tertiary/aromatic N) is 1. The smallest absolute Gasteiger partial charge is 0.160 e. The number of pyridine rings is 1. The van der Waals surface area contributed by atoms with E-state index in [1.54, 1.807) is 14.2 Å². The maximum absolute atomic E-state index is 5.88. The van der Waals surface area contributed by atoms with Crippen LogP contribution in [0.25, 0.3) is 10.9 Å². The maximum atomic E-state index is 5.88. The van der Waals surface area contributed by atoms with Crippen LogP contribution in [0.1, 0.15) is 29.7 Å². The number of methoxy groups -OCH3 is 2. The molecule has 0 saturated heterocycles. The molecule has 0 bridgehead atoms. The van der Waals surface area contributed by atoms with Crippen molar-refractivity contribution in [1.29, 1.82) is 0 Å². The Morgan fingerprint density at radius 2 is 1.79 bits per heavy atom. The third kappa shape index (κ3) is 3.76. The molecule has 1 aliphatic carbocycles. The number of aromatic nitrogens is 1. The summed E-state index contributed by atoms with van der Waals surface area (Å²) in [5.41, 5.74) is 8.99. The molecular formula is C23H26N2O3. The molecule has 5 heteroatoms. The summed E-state index contributed by atoms with van der Waals surface area (Å²) in [5.74, 6) is 1.47. The SMILES string of the molecule is COc1ccc(CCONc2c3c(nc4ccccc24)CCCC3)cc1OC. The van der Waals surface area contributed by atoms with Gasteiger partial charge in [0, 0.05) is 11.1 Å². The van der Waals surface area contributed by atoms with E-state index in [-0.39, 0.29) is 0 Å². The molecule has 0 saturated carbocycles. The van der Waals surface area contributed by atoms with Crippen molar-refractivity contribution in [3.05, 3.63) is 59.3 Å². The van der Waals surface area contributed by atoms with Gasteiger partial charge in [0.15, 0.2) is 11.5 Å². The first-order chi connectivity index (χ1) is 13.8. The molecule has 0 radical (unpaired) electrons. The monoisotopic (exact) mass is 378 g/mol. The number of rotatable bonds is 7. The van der Waals surface area contributed by atoms with Crippen molar-refractivity contribution in [3.8, 4) is 11.5 Å². The van der Waals surface area contributed by atoms with Gasteiger partial charge in [-0.3, -0.25) is 15.3 Å². The van der Waals surface area contributed by atoms with Crippen LogP contribution in [0.15, 0.2) is 42.5 Å². The summed E-state index contributed by atoms with van der Waals surface area (Å²) < 4.78 is 10.7. The molecule has 146 valence electrons. The standard InChI is InChI=1S/C23H26N2O3/c1-26-21-12-11-16(15-22(21)27-2)13-14-28-25-23-17-7-3-5-9-19(17)24-20-10-6-4-8-18(20)23/h3,5,7,9,11-12,15H,4,6,8,10,13-14H2,1-2H3,(H,24,25). The molecule has 0 aliphatic heterocycles. The summed E-state index contributed by atoms with van der Waals surface area (Å²) in [7, 11) is 3.29. The fraction of sp³-hybridized carbons (Fsp3) is 0.348. The van der Waals surface area contributed by atoms with E-state index in [0.717, 1.165) is 52.9 Å². The van der Waals surface area contributed by atoms with Crippen LogP contribution in [0.2, 0.25) is 0 Å². The molecule has 3 aromatic rings. The Kier molecular flexibility index (Phi) is 5.63. The molecule has 0 atom stereocenters. The van der Waals surface area contributed by atoms with Gasteiger partial charge in [-0.05, 0) is 61.4 Å². The zero-order valence-corrected chi connectivity index (χ0v) is 16.5. The predicted octanol–water partition coefficient (Wildman–Crippen LogP) is 4.72. The molecule has 0 amide bonds. The minimum atomic E-state index is 0.556. The minimum absolute atomic E-state index is 0.556. The van der Waals surface area contributed by atoms with E-state index in [1.165, 1.54) is 24.1 Å². The van der Waals surface area contributed by atoms with Crippen molar-refractivity contribution in [1.82, 2.24) is 4.98 Å². The third-order valence-electron chi connectivity index (χ3n) is 5.28. The Morgan fingerprint density at radius 3 is 2.64 bits per heavy atom. The van der Waals surface area contributed by atoms with Crippen LogP contribution in [0, 0.1) is 0 Å². The highest BCUT2D eigenvalue weighted by Gasteiger charge is 2.18. The van der Waals surface area contributed by atoms with Crippen LogP contribution in [-0.4, -0.2) is 25.8 Å². The lowest BCUT2D eigenvalue weighted by Crippen LogP contribution is -2.13. The van der Waals surface area contributed by atoms with Crippen molar-refractivity contribution in [2.45, 2.75) is 32.1 Å². The number of hydrogen-bond donors (Lipinski definition) is 1. The number of hydrogen-bond acceptors (Lipinski definition) is 5. The Bertz CT molecular complexity index is 971. The van der Waals surface area contributed by atoms with Crippen molar-refractivity contribution < 1.29 is 14.3 Å². The Hall–Kier alpha value is -2.79. The molecule has 4 rings (SSSR count). The quantitative estimate of drug-likeness (QED) is 0.476. The van der Waals surface area contributed by atoms with E-state index in [2.05, 4.69) is 17.6 Å². The lowest BCUT2D eigenvalue weighted by Gasteiger charge is -2.21. The van der Waals surface area contributed by atoms with Gasteiger partial charge in [-0.25, -0.2) is 0 Å². The fourth-order valence-corrected chi connectivity index (χ4v) is 3.82. The normalized spacial score (nSPS) is 13.2. The van der Waals surface area contributed by atoms with Crippen LogP contribution < -0.4 is 15.0 Å². The Labute approximate surface area is 165 Å². The average Bonchev–Trinajstić information content (AvgIpc) is 2.75. The highest BCUT2D eigenvalue weighted by atomic mass is 16.6. The molecule has 1 aromatic heterocycles. The number of anilines is 1. The zero-order valence-electron chi connectivity index (χ0n) is 16.5. The summed E-state index contributed by atoms with van der Waals surface area (Å²) in [6, 6.07) is 14.2. The number of aryl methyl sites for hydroxylation is 1. The van der Waals surface area contributed by atoms with Gasteiger partial charge in [-0.1, -0.05) is 24.3 Å². The molecular weight excluding hydrogens is 352 g/mol. The number of fused-ring (bicyclic) bond motifs is 2. The Balaban J connectivity index is 1.47. The largest absolute Gasteiger partial charge is 0.493 e. The summed E-state index contributed by atoms with van der Waals surface area (Å²) in [4.78, 5) is 10.7. The zero-order chi connectivity index (χ0) is 19.3. The van der Waals surface area contributed by atoms with Gasteiger partial charge < -0.3 is 9.47 Å². The van der Waals surface area contributed by atoms with Crippen molar-refractivity contribution in [2.75, 3.05) is 26.3 Å². The first kappa shape index (κ1) is 18.6. The van der Waals surface area contributed by atoms with Gasteiger partial charge >= 0.3 is 0 Å². The third-order valence-corrected chi connectivity index (χ3v) is 5.28. The minimum Gasteiger partial charge on any atom is -0.493 e. The molecule has 5 nitrogen and oxygen atoms in total. The molecule has 1 heterocycles. The second-order valence-electron chi connectivity index (χ2n) is 7.03. The molecule has 1 aliphatic rings. The van der Waals surface area contributed by atoms with E-state index in [1.807, 2.05) is 30.3 Å². The van der Waals surface area contributed by atoms with Crippen molar-refractivity contribution in [2.24, 2.45) is 0 Å². The van der Waals surface area contributed by atoms with E-state index < -0.39 is 0 Å². The maximum Gasteiger partial charge on any atom is 0.160 e.